The van der Waals surface area contributed by atoms with Crippen molar-refractivity contribution in [1.29, 1.82) is 0 Å². The normalized spacial score (nSPS) is 51.9. The van der Waals surface area contributed by atoms with Crippen LogP contribution in [0.2, 0.25) is 0 Å². The molecule has 0 radical (unpaired) electrons. The molecule has 0 aromatic heterocycles. The van der Waals surface area contributed by atoms with Gasteiger partial charge in [0.1, 0.15) is 0 Å². The Morgan fingerprint density at radius 3 is 2.33 bits per heavy atom. The first-order chi connectivity index (χ1) is 7.05. The number of rotatable bonds is 1. The summed E-state index contributed by atoms with van der Waals surface area (Å²) in [6.45, 7) is 0. The lowest BCUT2D eigenvalue weighted by atomic mass is 9.49. The summed E-state index contributed by atoms with van der Waals surface area (Å²) in [6.07, 6.45) is 7.30. The van der Waals surface area contributed by atoms with Crippen LogP contribution in [0.15, 0.2) is 0 Å². The molecule has 0 aromatic rings. The molecular weight excluding hydrogens is 303 g/mol. The molecule has 2 atom stereocenters. The number of alkyl halides is 1. The van der Waals surface area contributed by atoms with Crippen LogP contribution >= 0.6 is 22.6 Å². The summed E-state index contributed by atoms with van der Waals surface area (Å²) in [5.41, 5.74) is -0.0972. The lowest BCUT2D eigenvalue weighted by molar-refractivity contribution is -0.165. The van der Waals surface area contributed by atoms with Crippen LogP contribution < -0.4 is 0 Å². The number of methoxy groups -OCH3 is 1. The van der Waals surface area contributed by atoms with Gasteiger partial charge in [0.05, 0.1) is 12.5 Å². The van der Waals surface area contributed by atoms with Crippen LogP contribution in [-0.2, 0) is 9.53 Å². The van der Waals surface area contributed by atoms with Gasteiger partial charge in [-0.3, -0.25) is 4.79 Å². The molecule has 0 saturated heterocycles. The van der Waals surface area contributed by atoms with Crippen molar-refractivity contribution in [3.8, 4) is 0 Å². The molecule has 0 amide bonds. The van der Waals surface area contributed by atoms with Crippen LogP contribution in [0, 0.1) is 17.3 Å². The van der Waals surface area contributed by atoms with Crippen LogP contribution in [0.3, 0.4) is 0 Å². The number of halogens is 1. The van der Waals surface area contributed by atoms with Gasteiger partial charge in [0.2, 0.25) is 0 Å². The van der Waals surface area contributed by atoms with Gasteiger partial charge in [-0.1, -0.05) is 22.6 Å². The smallest absolute Gasteiger partial charge is 0.311 e. The van der Waals surface area contributed by atoms with Crippen molar-refractivity contribution in [3.63, 3.8) is 0 Å². The Morgan fingerprint density at radius 2 is 1.87 bits per heavy atom. The van der Waals surface area contributed by atoms with E-state index in [0.717, 1.165) is 31.1 Å². The van der Waals surface area contributed by atoms with E-state index < -0.39 is 0 Å². The van der Waals surface area contributed by atoms with Crippen molar-refractivity contribution in [2.24, 2.45) is 17.3 Å². The first kappa shape index (κ1) is 10.4. The van der Waals surface area contributed by atoms with E-state index in [1.54, 1.807) is 7.11 Å². The molecule has 0 heterocycles. The fourth-order valence-corrected chi connectivity index (χ4v) is 6.58. The number of carbonyl (C=O) groups is 1. The van der Waals surface area contributed by atoms with Crippen molar-refractivity contribution in [3.05, 3.63) is 0 Å². The Kier molecular flexibility index (Phi) is 2.15. The van der Waals surface area contributed by atoms with Crippen LogP contribution in [0.4, 0.5) is 0 Å². The zero-order valence-corrected chi connectivity index (χ0v) is 11.2. The Bertz CT molecular complexity index is 299. The van der Waals surface area contributed by atoms with E-state index in [1.807, 2.05) is 0 Å². The SMILES string of the molecule is COC(=O)C12CC3CC(CC(I)(C3)C1)C2. The van der Waals surface area contributed by atoms with Crippen LogP contribution in [0.5, 0.6) is 0 Å². The predicted molar refractivity (Wildman–Crippen MR) is 65.9 cm³/mol. The quantitative estimate of drug-likeness (QED) is 0.422. The van der Waals surface area contributed by atoms with Gasteiger partial charge in [-0.15, -0.1) is 0 Å². The Balaban J connectivity index is 1.96. The molecule has 0 spiro atoms. The van der Waals surface area contributed by atoms with E-state index in [4.69, 9.17) is 4.74 Å². The molecule has 4 aliphatic carbocycles. The Labute approximate surface area is 104 Å². The van der Waals surface area contributed by atoms with Gasteiger partial charge in [0.15, 0.2) is 0 Å². The molecule has 0 aromatic carbocycles. The van der Waals surface area contributed by atoms with Crippen molar-refractivity contribution >= 4 is 28.6 Å². The van der Waals surface area contributed by atoms with E-state index in [1.165, 1.54) is 19.3 Å². The van der Waals surface area contributed by atoms with E-state index in [-0.39, 0.29) is 11.4 Å². The lowest BCUT2D eigenvalue weighted by Gasteiger charge is -2.58. The van der Waals surface area contributed by atoms with Crippen LogP contribution in [0.25, 0.3) is 0 Å². The number of hydrogen-bond donors (Lipinski definition) is 0. The molecule has 84 valence electrons. The molecule has 4 saturated carbocycles. The van der Waals surface area contributed by atoms with Gasteiger partial charge in [0.25, 0.3) is 0 Å². The highest BCUT2D eigenvalue weighted by molar-refractivity contribution is 14.1. The second kappa shape index (κ2) is 3.11. The molecule has 0 N–H and O–H groups in total. The fraction of sp³-hybridized carbons (Fsp3) is 0.917. The van der Waals surface area contributed by atoms with E-state index in [2.05, 4.69) is 22.6 Å². The largest absolute Gasteiger partial charge is 0.469 e. The maximum absolute atomic E-state index is 12.0. The Hall–Kier alpha value is 0.200. The molecule has 4 bridgehead atoms. The highest BCUT2D eigenvalue weighted by atomic mass is 127. The van der Waals surface area contributed by atoms with Crippen LogP contribution in [0.1, 0.15) is 38.5 Å². The minimum Gasteiger partial charge on any atom is -0.469 e. The minimum absolute atomic E-state index is 0.0673. The minimum atomic E-state index is -0.0972. The number of esters is 1. The van der Waals surface area contributed by atoms with Gasteiger partial charge in [-0.2, -0.15) is 0 Å². The summed E-state index contributed by atoms with van der Waals surface area (Å²) < 4.78 is 5.45. The topological polar surface area (TPSA) is 26.3 Å². The van der Waals surface area contributed by atoms with Crippen LogP contribution in [-0.4, -0.2) is 16.5 Å². The third-order valence-corrected chi connectivity index (χ3v) is 5.87. The molecular formula is C12H17IO2. The predicted octanol–water partition coefficient (Wildman–Crippen LogP) is 2.93. The summed E-state index contributed by atoms with van der Waals surface area (Å²) in [4.78, 5) is 12.0. The maximum Gasteiger partial charge on any atom is 0.311 e. The average molecular weight is 320 g/mol. The first-order valence-corrected chi connectivity index (χ1v) is 6.91. The fourth-order valence-electron chi connectivity index (χ4n) is 4.61. The molecule has 2 nitrogen and oxygen atoms in total. The monoisotopic (exact) mass is 320 g/mol. The van der Waals surface area contributed by atoms with Crippen molar-refractivity contribution in [2.75, 3.05) is 7.11 Å². The number of hydrogen-bond acceptors (Lipinski definition) is 2. The standard InChI is InChI=1S/C12H17IO2/c1-15-10(14)11-3-8-2-9(4-11)6-12(13,5-8)7-11/h8-9H,2-7H2,1H3. The third-order valence-electron chi connectivity index (χ3n) is 4.61. The van der Waals surface area contributed by atoms with E-state index in [0.29, 0.717) is 3.42 Å². The molecule has 4 aliphatic rings. The summed E-state index contributed by atoms with van der Waals surface area (Å²) in [5.74, 6) is 1.65. The summed E-state index contributed by atoms with van der Waals surface area (Å²) in [6, 6.07) is 0. The number of ether oxygens (including phenoxy) is 1. The highest BCUT2D eigenvalue weighted by Gasteiger charge is 2.60. The summed E-state index contributed by atoms with van der Waals surface area (Å²) in [5, 5.41) is 0. The van der Waals surface area contributed by atoms with E-state index in [9.17, 15) is 4.79 Å². The molecule has 4 rings (SSSR count). The van der Waals surface area contributed by atoms with Crippen molar-refractivity contribution in [1.82, 2.24) is 0 Å². The van der Waals surface area contributed by atoms with Gasteiger partial charge in [-0.25, -0.2) is 0 Å². The summed E-state index contributed by atoms with van der Waals surface area (Å²) >= 11 is 2.62. The molecule has 3 heteroatoms. The molecule has 4 fully saturated rings. The second-order valence-electron chi connectivity index (χ2n) is 5.88. The van der Waals surface area contributed by atoms with Crippen molar-refractivity contribution in [2.45, 2.75) is 41.9 Å². The molecule has 0 aliphatic heterocycles. The van der Waals surface area contributed by atoms with Crippen molar-refractivity contribution < 1.29 is 9.53 Å². The second-order valence-corrected chi connectivity index (χ2v) is 8.17. The molecule has 15 heavy (non-hydrogen) atoms. The summed E-state index contributed by atoms with van der Waals surface area (Å²) in [7, 11) is 1.54. The third kappa shape index (κ3) is 1.45. The zero-order valence-electron chi connectivity index (χ0n) is 9.09. The molecule has 2 unspecified atom stereocenters. The Morgan fingerprint density at radius 1 is 1.27 bits per heavy atom. The zero-order chi connectivity index (χ0) is 10.7. The van der Waals surface area contributed by atoms with Gasteiger partial charge in [0, 0.05) is 3.42 Å². The average Bonchev–Trinajstić information content (AvgIpc) is 2.12. The maximum atomic E-state index is 12.0. The van der Waals surface area contributed by atoms with Gasteiger partial charge < -0.3 is 4.74 Å². The lowest BCUT2D eigenvalue weighted by Crippen LogP contribution is -2.56. The number of carbonyl (C=O) groups excluding carboxylic acids is 1. The van der Waals surface area contributed by atoms with E-state index >= 15 is 0 Å². The first-order valence-electron chi connectivity index (χ1n) is 5.83. The highest BCUT2D eigenvalue weighted by Crippen LogP contribution is 2.64. The van der Waals surface area contributed by atoms with Gasteiger partial charge >= 0.3 is 5.97 Å². The van der Waals surface area contributed by atoms with Gasteiger partial charge in [-0.05, 0) is 50.4 Å².